The van der Waals surface area contributed by atoms with Crippen LogP contribution in [0, 0.1) is 6.92 Å². The molecule has 5 heteroatoms. The molecule has 0 fully saturated rings. The van der Waals surface area contributed by atoms with Gasteiger partial charge in [-0.2, -0.15) is 6.07 Å². The zero-order valence-corrected chi connectivity index (χ0v) is 24.8. The van der Waals surface area contributed by atoms with E-state index in [0.717, 1.165) is 6.42 Å². The Morgan fingerprint density at radius 3 is 2.24 bits per heavy atom. The Hall–Kier alpha value is -1.25. The van der Waals surface area contributed by atoms with Crippen LogP contribution < -0.4 is 24.8 Å². The van der Waals surface area contributed by atoms with E-state index >= 15 is 0 Å². The Labute approximate surface area is 230 Å². The second kappa shape index (κ2) is 10.6. The van der Waals surface area contributed by atoms with Crippen LogP contribution in [-0.4, -0.2) is 8.07 Å². The van der Waals surface area contributed by atoms with Crippen LogP contribution in [0.25, 0.3) is 27.1 Å². The van der Waals surface area contributed by atoms with Gasteiger partial charge < -0.3 is 29.2 Å². The summed E-state index contributed by atoms with van der Waals surface area (Å²) in [5.74, 6) is 1.26. The Morgan fingerprint density at radius 1 is 0.939 bits per heavy atom. The number of allylic oxidation sites excluding steroid dienone is 1. The molecule has 3 heterocycles. The SMILES string of the molecule is CC1=C2c3ccoc3C1[Si]2(C)C.CCc1ccc(-c2cccc3[cH-]c(C)cc23)cc1.[Cl-].[Cl-].[Zr+3]. The van der Waals surface area contributed by atoms with Gasteiger partial charge in [-0.05, 0) is 35.7 Å². The van der Waals surface area contributed by atoms with Crippen molar-refractivity contribution in [1.29, 1.82) is 0 Å². The van der Waals surface area contributed by atoms with Gasteiger partial charge in [0.2, 0.25) is 0 Å². The van der Waals surface area contributed by atoms with E-state index in [-0.39, 0.29) is 51.0 Å². The van der Waals surface area contributed by atoms with Crippen molar-refractivity contribution in [3.8, 4) is 11.1 Å². The van der Waals surface area contributed by atoms with Crippen LogP contribution in [0.3, 0.4) is 0 Å². The first kappa shape index (κ1) is 28.0. The molecular formula is C28H29Cl2OSiZr. The molecule has 2 aliphatic heterocycles. The molecular weight excluding hydrogens is 543 g/mol. The van der Waals surface area contributed by atoms with Gasteiger partial charge in [-0.3, -0.25) is 0 Å². The predicted octanol–water partition coefficient (Wildman–Crippen LogP) is 2.05. The van der Waals surface area contributed by atoms with Crippen LogP contribution in [0.1, 0.15) is 41.8 Å². The zero-order chi connectivity index (χ0) is 21.0. The molecule has 1 atom stereocenters. The van der Waals surface area contributed by atoms with Gasteiger partial charge >= 0.3 is 26.2 Å². The maximum absolute atomic E-state index is 5.53. The van der Waals surface area contributed by atoms with E-state index in [2.05, 4.69) is 94.5 Å². The van der Waals surface area contributed by atoms with Gasteiger partial charge in [0.1, 0.15) is 5.76 Å². The number of fused-ring (bicyclic) bond motifs is 1. The molecule has 1 aromatic heterocycles. The molecule has 169 valence electrons. The van der Waals surface area contributed by atoms with Gasteiger partial charge in [0.25, 0.3) is 0 Å². The minimum absolute atomic E-state index is 0. The molecule has 2 bridgehead atoms. The first-order valence-corrected chi connectivity index (χ1v) is 14.0. The molecule has 33 heavy (non-hydrogen) atoms. The molecule has 3 aliphatic rings. The molecule has 3 aromatic carbocycles. The summed E-state index contributed by atoms with van der Waals surface area (Å²) in [6, 6.07) is 22.1. The molecule has 0 saturated carbocycles. The molecule has 7 rings (SSSR count). The largest absolute Gasteiger partial charge is 3.00 e. The van der Waals surface area contributed by atoms with Crippen molar-refractivity contribution >= 4 is 24.0 Å². The topological polar surface area (TPSA) is 13.1 Å². The van der Waals surface area contributed by atoms with Crippen molar-refractivity contribution in [3.63, 3.8) is 0 Å². The molecule has 0 spiro atoms. The number of halogens is 2. The van der Waals surface area contributed by atoms with E-state index < -0.39 is 8.07 Å². The summed E-state index contributed by atoms with van der Waals surface area (Å²) < 4.78 is 5.53. The van der Waals surface area contributed by atoms with E-state index in [1.165, 1.54) is 44.3 Å². The van der Waals surface area contributed by atoms with E-state index in [1.54, 1.807) is 10.8 Å². The average molecular weight is 572 g/mol. The van der Waals surface area contributed by atoms with E-state index in [9.17, 15) is 0 Å². The smallest absolute Gasteiger partial charge is 1.00 e. The summed E-state index contributed by atoms with van der Waals surface area (Å²) in [6.45, 7) is 11.5. The molecule has 1 aliphatic carbocycles. The quantitative estimate of drug-likeness (QED) is 0.265. The van der Waals surface area contributed by atoms with E-state index in [1.807, 2.05) is 6.26 Å². The average Bonchev–Trinajstić information content (AvgIpc) is 3.44. The van der Waals surface area contributed by atoms with Gasteiger partial charge in [0.15, 0.2) is 0 Å². The second-order valence-electron chi connectivity index (χ2n) is 9.30. The fourth-order valence-electron chi connectivity index (χ4n) is 5.65. The number of hydrogen-bond donors (Lipinski definition) is 0. The third-order valence-corrected chi connectivity index (χ3v) is 11.1. The summed E-state index contributed by atoms with van der Waals surface area (Å²) in [5.41, 5.74) is 9.09. The monoisotopic (exact) mass is 569 g/mol. The van der Waals surface area contributed by atoms with Crippen LogP contribution in [0.4, 0.5) is 0 Å². The third-order valence-electron chi connectivity index (χ3n) is 6.99. The summed E-state index contributed by atoms with van der Waals surface area (Å²) in [4.78, 5) is 0. The van der Waals surface area contributed by atoms with Crippen LogP contribution in [0.5, 0.6) is 0 Å². The first-order chi connectivity index (χ1) is 14.4. The maximum atomic E-state index is 5.53. The Morgan fingerprint density at radius 2 is 1.64 bits per heavy atom. The predicted molar refractivity (Wildman–Crippen MR) is 131 cm³/mol. The first-order valence-electron chi connectivity index (χ1n) is 11.0. The van der Waals surface area contributed by atoms with Crippen molar-refractivity contribution in [2.45, 2.75) is 45.8 Å². The number of furan rings is 1. The molecule has 4 aromatic rings. The second-order valence-corrected chi connectivity index (χ2v) is 13.8. The van der Waals surface area contributed by atoms with Crippen LogP contribution in [-0.2, 0) is 32.6 Å². The molecule has 1 unspecified atom stereocenters. The minimum atomic E-state index is -1.08. The molecule has 0 amide bonds. The van der Waals surface area contributed by atoms with Crippen molar-refractivity contribution in [3.05, 3.63) is 95.0 Å². The summed E-state index contributed by atoms with van der Waals surface area (Å²) in [6.07, 6.45) is 2.92. The number of aryl methyl sites for hydroxylation is 2. The number of benzene rings is 2. The normalized spacial score (nSPS) is 16.5. The molecule has 1 nitrogen and oxygen atoms in total. The number of rotatable bonds is 2. The minimum Gasteiger partial charge on any atom is -1.00 e. The Balaban J connectivity index is 0.000000227. The Kier molecular flexibility index (Phi) is 8.96. The molecule has 0 saturated heterocycles. The van der Waals surface area contributed by atoms with Crippen molar-refractivity contribution in [2.24, 2.45) is 0 Å². The fraction of sp³-hybridized carbons (Fsp3) is 0.250. The van der Waals surface area contributed by atoms with Gasteiger partial charge in [0.05, 0.1) is 14.3 Å². The van der Waals surface area contributed by atoms with Gasteiger partial charge in [-0.15, -0.1) is 34.5 Å². The molecule has 0 N–H and O–H groups in total. The standard InChI is InChI=1S/C18H17.C10H12OSi.2ClH.Zr/c1-3-14-7-9-15(10-8-14)17-6-4-5-16-11-13(2)12-18(16)17;1-6-9-7-4-5-11-8(7)10(6)12(9,2)3;;;/h4-12H,3H2,1-2H3;4-5,10H,1-3H3;2*1H;/q-1;;;;+3/p-2. The van der Waals surface area contributed by atoms with Crippen LogP contribution >= 0.6 is 0 Å². The van der Waals surface area contributed by atoms with Crippen LogP contribution in [0.2, 0.25) is 13.1 Å². The maximum Gasteiger partial charge on any atom is 3.00 e. The van der Waals surface area contributed by atoms with Gasteiger partial charge in [-0.25, -0.2) is 0 Å². The van der Waals surface area contributed by atoms with Crippen molar-refractivity contribution in [2.75, 3.05) is 0 Å². The summed E-state index contributed by atoms with van der Waals surface area (Å²) >= 11 is 0. The van der Waals surface area contributed by atoms with E-state index in [0.29, 0.717) is 5.54 Å². The number of hydrogen-bond acceptors (Lipinski definition) is 1. The van der Waals surface area contributed by atoms with Gasteiger partial charge in [0, 0.05) is 11.1 Å². The Bertz CT molecular complexity index is 1280. The zero-order valence-electron chi connectivity index (χ0n) is 19.8. The summed E-state index contributed by atoms with van der Waals surface area (Å²) in [5, 5.41) is 4.36. The summed E-state index contributed by atoms with van der Waals surface area (Å²) in [7, 11) is -1.08. The van der Waals surface area contributed by atoms with Crippen molar-refractivity contribution in [1.82, 2.24) is 0 Å². The third kappa shape index (κ3) is 4.55. The fourth-order valence-corrected chi connectivity index (χ4v) is 9.88. The van der Waals surface area contributed by atoms with Crippen molar-refractivity contribution < 1.29 is 55.4 Å². The van der Waals surface area contributed by atoms with Gasteiger partial charge in [-0.1, -0.05) is 68.4 Å². The molecule has 1 radical (unpaired) electrons. The van der Waals surface area contributed by atoms with E-state index in [4.69, 9.17) is 4.42 Å². The van der Waals surface area contributed by atoms with Crippen LogP contribution in [0.15, 0.2) is 76.9 Å².